The molecule has 0 bridgehead atoms. The third kappa shape index (κ3) is 2.41. The van der Waals surface area contributed by atoms with E-state index in [9.17, 15) is 4.79 Å². The maximum atomic E-state index is 11.8. The lowest BCUT2D eigenvalue weighted by Crippen LogP contribution is -2.27. The number of nitrogens with zero attached hydrogens (tertiary/aromatic N) is 1. The third-order valence-corrected chi connectivity index (χ3v) is 1.98. The number of carbonyl (C=O) groups is 1. The maximum Gasteiger partial charge on any atom is 0.256 e. The Morgan fingerprint density at radius 1 is 1.53 bits per heavy atom. The molecule has 1 aromatic carbocycles. The normalized spacial score (nSPS) is 9.33. The molecule has 0 unspecified atom stereocenters. The Hall–Kier alpha value is -2.15. The highest BCUT2D eigenvalue weighted by Gasteiger charge is 2.13. The number of benzene rings is 1. The lowest BCUT2D eigenvalue weighted by Gasteiger charge is -2.15. The number of carbonyl (C=O) groups excluding carboxylic acids is 1. The Morgan fingerprint density at radius 3 is 2.73 bits per heavy atom. The fourth-order valence-electron chi connectivity index (χ4n) is 1.19. The van der Waals surface area contributed by atoms with Crippen molar-refractivity contribution in [3.8, 4) is 12.3 Å². The first-order valence-electron chi connectivity index (χ1n) is 4.40. The number of hydrogen-bond donors (Lipinski definition) is 2. The van der Waals surface area contributed by atoms with Crippen molar-refractivity contribution in [2.24, 2.45) is 0 Å². The average molecular weight is 203 g/mol. The quantitative estimate of drug-likeness (QED) is 0.544. The fourth-order valence-corrected chi connectivity index (χ4v) is 1.19. The minimum absolute atomic E-state index is 0.203. The van der Waals surface area contributed by atoms with Crippen LogP contribution in [0.15, 0.2) is 18.2 Å². The Balaban J connectivity index is 2.97. The second-order valence-electron chi connectivity index (χ2n) is 3.21. The van der Waals surface area contributed by atoms with E-state index in [1.165, 1.54) is 4.90 Å². The van der Waals surface area contributed by atoms with Crippen LogP contribution in [0.4, 0.5) is 11.4 Å². The number of hydrogen-bond acceptors (Lipinski definition) is 3. The lowest BCUT2D eigenvalue weighted by atomic mass is 10.1. The van der Waals surface area contributed by atoms with Crippen LogP contribution in [0.2, 0.25) is 0 Å². The Morgan fingerprint density at radius 2 is 2.20 bits per heavy atom. The predicted octanol–water partition coefficient (Wildman–Crippen LogP) is 0.556. The van der Waals surface area contributed by atoms with Crippen molar-refractivity contribution in [2.75, 3.05) is 25.1 Å². The zero-order valence-corrected chi connectivity index (χ0v) is 8.53. The van der Waals surface area contributed by atoms with Crippen molar-refractivity contribution in [2.45, 2.75) is 0 Å². The van der Waals surface area contributed by atoms with Gasteiger partial charge in [-0.25, -0.2) is 0 Å². The summed E-state index contributed by atoms with van der Waals surface area (Å²) in [6.45, 7) is 0.253. The van der Waals surface area contributed by atoms with Crippen LogP contribution in [-0.2, 0) is 0 Å². The summed E-state index contributed by atoms with van der Waals surface area (Å²) < 4.78 is 0. The van der Waals surface area contributed by atoms with Crippen molar-refractivity contribution in [1.82, 2.24) is 4.90 Å². The van der Waals surface area contributed by atoms with Gasteiger partial charge >= 0.3 is 0 Å². The zero-order valence-electron chi connectivity index (χ0n) is 8.53. The van der Waals surface area contributed by atoms with Gasteiger partial charge in [-0.1, -0.05) is 5.92 Å². The maximum absolute atomic E-state index is 11.8. The van der Waals surface area contributed by atoms with Crippen LogP contribution in [0.3, 0.4) is 0 Å². The highest BCUT2D eigenvalue weighted by atomic mass is 16.2. The fraction of sp³-hybridized carbons (Fsp3) is 0.182. The van der Waals surface area contributed by atoms with Crippen LogP contribution >= 0.6 is 0 Å². The summed E-state index contributed by atoms with van der Waals surface area (Å²) in [7, 11) is 1.62. The van der Waals surface area contributed by atoms with Gasteiger partial charge in [0.25, 0.3) is 5.91 Å². The molecule has 4 nitrogen and oxygen atoms in total. The van der Waals surface area contributed by atoms with Crippen LogP contribution in [0, 0.1) is 12.3 Å². The lowest BCUT2D eigenvalue weighted by molar-refractivity contribution is 0.0813. The number of amides is 1. The highest BCUT2D eigenvalue weighted by Crippen LogP contribution is 2.16. The second-order valence-corrected chi connectivity index (χ2v) is 3.21. The first-order valence-corrected chi connectivity index (χ1v) is 4.40. The summed E-state index contributed by atoms with van der Waals surface area (Å²) >= 11 is 0. The molecule has 0 fully saturated rings. The number of rotatable bonds is 2. The first kappa shape index (κ1) is 10.9. The molecule has 15 heavy (non-hydrogen) atoms. The van der Waals surface area contributed by atoms with Crippen molar-refractivity contribution in [3.63, 3.8) is 0 Å². The van der Waals surface area contributed by atoms with Gasteiger partial charge in [0.15, 0.2) is 0 Å². The molecular weight excluding hydrogens is 190 g/mol. The van der Waals surface area contributed by atoms with E-state index in [4.69, 9.17) is 17.9 Å². The average Bonchev–Trinajstić information content (AvgIpc) is 2.17. The number of nitrogens with two attached hydrogens (primary N) is 2. The van der Waals surface area contributed by atoms with Crippen LogP contribution in [0.25, 0.3) is 0 Å². The Bertz CT molecular complexity index is 420. The standard InChI is InChI=1S/C11H13N3O/c1-3-6-14(2)11(15)9-5-4-8(12)7-10(9)13/h1,4-5,7H,6,12-13H2,2H3. The zero-order chi connectivity index (χ0) is 11.4. The molecule has 0 aromatic heterocycles. The van der Waals surface area contributed by atoms with Gasteiger partial charge < -0.3 is 16.4 Å². The van der Waals surface area contributed by atoms with Gasteiger partial charge in [0, 0.05) is 18.4 Å². The van der Waals surface area contributed by atoms with E-state index in [2.05, 4.69) is 5.92 Å². The summed E-state index contributed by atoms with van der Waals surface area (Å²) in [5.74, 6) is 2.19. The molecule has 0 aliphatic rings. The molecule has 1 rings (SSSR count). The van der Waals surface area contributed by atoms with E-state index in [1.54, 1.807) is 25.2 Å². The van der Waals surface area contributed by atoms with E-state index in [0.29, 0.717) is 16.9 Å². The summed E-state index contributed by atoms with van der Waals surface area (Å²) in [6, 6.07) is 4.78. The van der Waals surface area contributed by atoms with Crippen molar-refractivity contribution < 1.29 is 4.79 Å². The summed E-state index contributed by atoms with van der Waals surface area (Å²) in [5, 5.41) is 0. The number of anilines is 2. The summed E-state index contributed by atoms with van der Waals surface area (Å²) in [5.41, 5.74) is 12.5. The van der Waals surface area contributed by atoms with Crippen LogP contribution < -0.4 is 11.5 Å². The summed E-state index contributed by atoms with van der Waals surface area (Å²) in [4.78, 5) is 13.2. The van der Waals surface area contributed by atoms with Crippen LogP contribution in [0.1, 0.15) is 10.4 Å². The van der Waals surface area contributed by atoms with Gasteiger partial charge in [-0.05, 0) is 18.2 Å². The van der Waals surface area contributed by atoms with E-state index >= 15 is 0 Å². The van der Waals surface area contributed by atoms with E-state index < -0.39 is 0 Å². The van der Waals surface area contributed by atoms with Gasteiger partial charge in [-0.2, -0.15) is 0 Å². The van der Waals surface area contributed by atoms with E-state index in [0.717, 1.165) is 0 Å². The molecule has 0 aliphatic heterocycles. The van der Waals surface area contributed by atoms with Gasteiger partial charge in [-0.15, -0.1) is 6.42 Å². The van der Waals surface area contributed by atoms with Crippen molar-refractivity contribution in [3.05, 3.63) is 23.8 Å². The van der Waals surface area contributed by atoms with Crippen molar-refractivity contribution >= 4 is 17.3 Å². The van der Waals surface area contributed by atoms with Gasteiger partial charge in [0.1, 0.15) is 0 Å². The predicted molar refractivity (Wildman–Crippen MR) is 61.1 cm³/mol. The molecular formula is C11H13N3O. The molecule has 4 heteroatoms. The molecule has 78 valence electrons. The summed E-state index contributed by atoms with van der Waals surface area (Å²) in [6.07, 6.45) is 5.11. The number of terminal acetylenes is 1. The number of nitrogen functional groups attached to an aromatic ring is 2. The second kappa shape index (κ2) is 4.38. The monoisotopic (exact) mass is 203 g/mol. The van der Waals surface area contributed by atoms with Gasteiger partial charge in [-0.3, -0.25) is 4.79 Å². The molecule has 1 amide bonds. The van der Waals surface area contributed by atoms with Gasteiger partial charge in [0.2, 0.25) is 0 Å². The molecule has 0 saturated carbocycles. The molecule has 0 saturated heterocycles. The van der Waals surface area contributed by atoms with Gasteiger partial charge in [0.05, 0.1) is 12.1 Å². The molecule has 0 radical (unpaired) electrons. The molecule has 1 aromatic rings. The molecule has 4 N–H and O–H groups in total. The van der Waals surface area contributed by atoms with E-state index in [1.807, 2.05) is 0 Å². The minimum atomic E-state index is -0.203. The highest BCUT2D eigenvalue weighted by molar-refractivity contribution is 5.99. The molecule has 0 spiro atoms. The molecule has 0 aliphatic carbocycles. The SMILES string of the molecule is C#CCN(C)C(=O)c1ccc(N)cc1N. The smallest absolute Gasteiger partial charge is 0.256 e. The Kier molecular flexibility index (Phi) is 3.19. The topological polar surface area (TPSA) is 72.3 Å². The van der Waals surface area contributed by atoms with Crippen LogP contribution in [-0.4, -0.2) is 24.4 Å². The van der Waals surface area contributed by atoms with Crippen molar-refractivity contribution in [1.29, 1.82) is 0 Å². The molecule has 0 atom stereocenters. The minimum Gasteiger partial charge on any atom is -0.399 e. The Labute approximate surface area is 88.9 Å². The van der Waals surface area contributed by atoms with E-state index in [-0.39, 0.29) is 12.5 Å². The molecule has 0 heterocycles. The largest absolute Gasteiger partial charge is 0.399 e. The van der Waals surface area contributed by atoms with Crippen LogP contribution in [0.5, 0.6) is 0 Å². The third-order valence-electron chi connectivity index (χ3n) is 1.98. The first-order chi connectivity index (χ1) is 7.06.